The maximum absolute atomic E-state index is 6.23. The summed E-state index contributed by atoms with van der Waals surface area (Å²) in [5.74, 6) is 0. The fourth-order valence-electron chi connectivity index (χ4n) is 2.92. The first-order chi connectivity index (χ1) is 11.6. The van der Waals surface area contributed by atoms with Crippen LogP contribution in [-0.4, -0.2) is 27.3 Å². The number of hydrogen-bond donors (Lipinski definition) is 1. The highest BCUT2D eigenvalue weighted by Gasteiger charge is 2.26. The van der Waals surface area contributed by atoms with Crippen molar-refractivity contribution in [2.45, 2.75) is 17.4 Å². The van der Waals surface area contributed by atoms with Crippen LogP contribution in [0, 0.1) is 0 Å². The van der Waals surface area contributed by atoms with E-state index in [-0.39, 0.29) is 6.04 Å². The van der Waals surface area contributed by atoms with Crippen LogP contribution in [0.3, 0.4) is 0 Å². The van der Waals surface area contributed by atoms with E-state index in [0.717, 1.165) is 29.1 Å². The van der Waals surface area contributed by atoms with Gasteiger partial charge in [0.2, 0.25) is 0 Å². The Hall–Kier alpha value is -0.720. The summed E-state index contributed by atoms with van der Waals surface area (Å²) in [6.45, 7) is 1.65. The molecule has 0 fully saturated rings. The molecule has 0 amide bonds. The van der Waals surface area contributed by atoms with E-state index >= 15 is 0 Å². The van der Waals surface area contributed by atoms with E-state index in [4.69, 9.17) is 16.3 Å². The van der Waals surface area contributed by atoms with Crippen molar-refractivity contribution in [3.8, 4) is 0 Å². The molecule has 0 radical (unpaired) electrons. The fraction of sp³-hybridized carbons (Fsp3) is 0.333. The van der Waals surface area contributed by atoms with Gasteiger partial charge in [-0.3, -0.25) is 0 Å². The molecule has 0 aromatic heterocycles. The average molecular weight is 428 g/mol. The molecular weight excluding hydrogens is 408 g/mol. The second-order valence-corrected chi connectivity index (χ2v) is 8.23. The summed E-state index contributed by atoms with van der Waals surface area (Å²) in [4.78, 5) is 1.18. The number of fused-ring (bicyclic) bond motifs is 2. The van der Waals surface area contributed by atoms with E-state index < -0.39 is 0 Å². The van der Waals surface area contributed by atoms with Gasteiger partial charge in [-0.1, -0.05) is 33.6 Å². The van der Waals surface area contributed by atoms with Gasteiger partial charge < -0.3 is 14.4 Å². The summed E-state index contributed by atoms with van der Waals surface area (Å²) in [7, 11) is 3.83. The minimum atomic E-state index is 0.124. The molecule has 0 spiro atoms. The number of anilines is 1. The van der Waals surface area contributed by atoms with Crippen LogP contribution in [0.1, 0.15) is 23.6 Å². The van der Waals surface area contributed by atoms with Crippen molar-refractivity contribution >= 4 is 45.2 Å². The van der Waals surface area contributed by atoms with E-state index in [1.165, 1.54) is 21.7 Å². The SMILES string of the molecule is COCCCNC1c2ccc(Cl)cc2SN(C)c2ccc(Br)cc21. The van der Waals surface area contributed by atoms with Crippen molar-refractivity contribution in [3.05, 3.63) is 57.0 Å². The summed E-state index contributed by atoms with van der Waals surface area (Å²) < 4.78 is 8.46. The standard InChI is InChI=1S/C18H20BrClN2OS/c1-22-16-7-4-12(19)10-15(16)18(21-8-3-9-23-2)14-6-5-13(20)11-17(14)24-22/h4-7,10-11,18,21H,3,8-9H2,1-2H3. The maximum Gasteiger partial charge on any atom is 0.0609 e. The number of benzene rings is 2. The lowest BCUT2D eigenvalue weighted by Gasteiger charge is -2.22. The topological polar surface area (TPSA) is 24.5 Å². The van der Waals surface area contributed by atoms with Crippen LogP contribution in [0.25, 0.3) is 0 Å². The number of nitrogens with one attached hydrogen (secondary N) is 1. The van der Waals surface area contributed by atoms with Crippen LogP contribution >= 0.6 is 39.5 Å². The lowest BCUT2D eigenvalue weighted by Crippen LogP contribution is -2.25. The molecule has 1 aliphatic heterocycles. The normalized spacial score (nSPS) is 16.5. The van der Waals surface area contributed by atoms with Gasteiger partial charge in [-0.15, -0.1) is 0 Å². The Kier molecular flexibility index (Phi) is 6.11. The number of hydrogen-bond acceptors (Lipinski definition) is 4. The van der Waals surface area contributed by atoms with E-state index in [0.29, 0.717) is 0 Å². The van der Waals surface area contributed by atoms with Gasteiger partial charge in [0.05, 0.1) is 11.7 Å². The number of ether oxygens (including phenoxy) is 1. The molecule has 1 unspecified atom stereocenters. The predicted molar refractivity (Wildman–Crippen MR) is 106 cm³/mol. The monoisotopic (exact) mass is 426 g/mol. The fourth-order valence-corrected chi connectivity index (χ4v) is 4.56. The molecule has 0 bridgehead atoms. The Morgan fingerprint density at radius 2 is 2.08 bits per heavy atom. The van der Waals surface area contributed by atoms with Gasteiger partial charge in [-0.25, -0.2) is 0 Å². The maximum atomic E-state index is 6.23. The van der Waals surface area contributed by atoms with E-state index in [1.807, 2.05) is 12.1 Å². The Balaban J connectivity index is 2.03. The molecule has 1 aliphatic rings. The van der Waals surface area contributed by atoms with Crippen molar-refractivity contribution < 1.29 is 4.74 Å². The van der Waals surface area contributed by atoms with Crippen molar-refractivity contribution in [1.82, 2.24) is 5.32 Å². The lowest BCUT2D eigenvalue weighted by molar-refractivity contribution is 0.193. The van der Waals surface area contributed by atoms with E-state index in [2.05, 4.69) is 56.9 Å². The number of halogens is 2. The highest BCUT2D eigenvalue weighted by Crippen LogP contribution is 2.44. The minimum absolute atomic E-state index is 0.124. The molecule has 6 heteroatoms. The third-order valence-electron chi connectivity index (χ3n) is 4.04. The van der Waals surface area contributed by atoms with Crippen LogP contribution in [0.5, 0.6) is 0 Å². The van der Waals surface area contributed by atoms with E-state index in [9.17, 15) is 0 Å². The smallest absolute Gasteiger partial charge is 0.0609 e. The van der Waals surface area contributed by atoms with Gasteiger partial charge in [0.15, 0.2) is 0 Å². The van der Waals surface area contributed by atoms with Crippen molar-refractivity contribution in [3.63, 3.8) is 0 Å². The summed E-state index contributed by atoms with van der Waals surface area (Å²) in [5, 5.41) is 4.46. The Morgan fingerprint density at radius 3 is 2.88 bits per heavy atom. The van der Waals surface area contributed by atoms with Crippen LogP contribution in [0.2, 0.25) is 5.02 Å². The summed E-state index contributed by atoms with van der Waals surface area (Å²) in [6.07, 6.45) is 0.974. The zero-order chi connectivity index (χ0) is 17.1. The highest BCUT2D eigenvalue weighted by molar-refractivity contribution is 9.10. The predicted octanol–water partition coefficient (Wildman–Crippen LogP) is 5.27. The number of rotatable bonds is 5. The third kappa shape index (κ3) is 3.92. The molecule has 1 heterocycles. The Bertz CT molecular complexity index is 728. The molecular formula is C18H20BrClN2OS. The third-order valence-corrected chi connectivity index (χ3v) is 5.78. The molecule has 24 heavy (non-hydrogen) atoms. The molecule has 0 saturated carbocycles. The van der Waals surface area contributed by atoms with Crippen molar-refractivity contribution in [1.29, 1.82) is 0 Å². The van der Waals surface area contributed by atoms with Crippen LogP contribution in [-0.2, 0) is 4.74 Å². The largest absolute Gasteiger partial charge is 0.385 e. The van der Waals surface area contributed by atoms with Crippen LogP contribution in [0.15, 0.2) is 45.8 Å². The van der Waals surface area contributed by atoms with Crippen LogP contribution in [0.4, 0.5) is 5.69 Å². The second kappa shape index (κ2) is 8.11. The Morgan fingerprint density at radius 1 is 1.25 bits per heavy atom. The van der Waals surface area contributed by atoms with Crippen molar-refractivity contribution in [2.75, 3.05) is 31.6 Å². The molecule has 0 aliphatic carbocycles. The first-order valence-electron chi connectivity index (χ1n) is 7.83. The minimum Gasteiger partial charge on any atom is -0.385 e. The quantitative estimate of drug-likeness (QED) is 0.518. The average Bonchev–Trinajstić information content (AvgIpc) is 2.66. The number of methoxy groups -OCH3 is 1. The Labute approximate surface area is 161 Å². The van der Waals surface area contributed by atoms with Gasteiger partial charge in [-0.05, 0) is 66.4 Å². The molecule has 1 N–H and O–H groups in total. The van der Waals surface area contributed by atoms with E-state index in [1.54, 1.807) is 19.1 Å². The molecule has 2 aromatic rings. The first kappa shape index (κ1) is 18.1. The summed E-state index contributed by atoms with van der Waals surface area (Å²) in [5.41, 5.74) is 3.73. The molecule has 128 valence electrons. The van der Waals surface area contributed by atoms with Crippen LogP contribution < -0.4 is 9.62 Å². The molecule has 3 rings (SSSR count). The first-order valence-corrected chi connectivity index (χ1v) is 9.77. The van der Waals surface area contributed by atoms with Gasteiger partial charge in [0.25, 0.3) is 0 Å². The lowest BCUT2D eigenvalue weighted by atomic mass is 9.97. The van der Waals surface area contributed by atoms with Gasteiger partial charge in [-0.2, -0.15) is 0 Å². The van der Waals surface area contributed by atoms with Gasteiger partial charge in [0, 0.05) is 35.2 Å². The zero-order valence-corrected chi connectivity index (χ0v) is 16.8. The zero-order valence-electron chi connectivity index (χ0n) is 13.7. The molecule has 1 atom stereocenters. The summed E-state index contributed by atoms with van der Waals surface area (Å²) >= 11 is 11.6. The summed E-state index contributed by atoms with van der Waals surface area (Å²) in [6, 6.07) is 12.7. The number of nitrogens with zero attached hydrogens (tertiary/aromatic N) is 1. The molecule has 3 nitrogen and oxygen atoms in total. The highest BCUT2D eigenvalue weighted by atomic mass is 79.9. The van der Waals surface area contributed by atoms with Gasteiger partial charge in [0.1, 0.15) is 0 Å². The molecule has 2 aromatic carbocycles. The van der Waals surface area contributed by atoms with Gasteiger partial charge >= 0.3 is 0 Å². The van der Waals surface area contributed by atoms with Crippen molar-refractivity contribution in [2.24, 2.45) is 0 Å². The second-order valence-electron chi connectivity index (χ2n) is 5.71. The molecule has 0 saturated heterocycles.